The van der Waals surface area contributed by atoms with Crippen LogP contribution < -0.4 is 5.32 Å². The van der Waals surface area contributed by atoms with E-state index in [1.165, 1.54) is 17.1 Å². The summed E-state index contributed by atoms with van der Waals surface area (Å²) in [5, 5.41) is 10.4. The van der Waals surface area contributed by atoms with Crippen molar-refractivity contribution < 1.29 is 18.1 Å². The van der Waals surface area contributed by atoms with Crippen LogP contribution in [0.3, 0.4) is 0 Å². The Bertz CT molecular complexity index is 1370. The maximum atomic E-state index is 14.8. The second-order valence-corrected chi connectivity index (χ2v) is 7.05. The third-order valence-corrected chi connectivity index (χ3v) is 5.21. The van der Waals surface area contributed by atoms with E-state index < -0.39 is 23.1 Å². The second kappa shape index (κ2) is 6.58. The van der Waals surface area contributed by atoms with Crippen molar-refractivity contribution in [2.45, 2.75) is 13.5 Å². The van der Waals surface area contributed by atoms with Crippen LogP contribution in [-0.4, -0.2) is 26.6 Å². The molecular weight excluding hydrogens is 392 g/mol. The van der Waals surface area contributed by atoms with E-state index in [1.807, 2.05) is 13.0 Å². The van der Waals surface area contributed by atoms with Crippen molar-refractivity contribution in [2.24, 2.45) is 12.0 Å². The van der Waals surface area contributed by atoms with Crippen LogP contribution in [0.15, 0.2) is 46.2 Å². The Morgan fingerprint density at radius 3 is 2.83 bits per heavy atom. The number of carbonyl (C=O) groups is 1. The van der Waals surface area contributed by atoms with Gasteiger partial charge in [0.05, 0.1) is 40.6 Å². The highest BCUT2D eigenvalue weighted by Gasteiger charge is 2.24. The van der Waals surface area contributed by atoms with Gasteiger partial charge in [-0.05, 0) is 24.6 Å². The maximum absolute atomic E-state index is 14.8. The molecule has 0 saturated carbocycles. The fourth-order valence-corrected chi connectivity index (χ4v) is 3.63. The average Bonchev–Trinajstić information content (AvgIpc) is 3.41. The van der Waals surface area contributed by atoms with E-state index in [9.17, 15) is 13.6 Å². The molecule has 0 bridgehead atoms. The molecule has 1 aliphatic heterocycles. The summed E-state index contributed by atoms with van der Waals surface area (Å²) in [5.74, 6) is -2.78. The summed E-state index contributed by atoms with van der Waals surface area (Å²) in [6.07, 6.45) is 2.78. The van der Waals surface area contributed by atoms with Crippen molar-refractivity contribution in [1.29, 1.82) is 0 Å². The number of anilines is 1. The first-order valence-electron chi connectivity index (χ1n) is 9.14. The number of aliphatic imine (C=N–C) groups is 1. The van der Waals surface area contributed by atoms with Crippen molar-refractivity contribution in [1.82, 2.24) is 14.9 Å². The number of aryl methyl sites for hydroxylation is 2. The van der Waals surface area contributed by atoms with E-state index in [2.05, 4.69) is 20.6 Å². The molecule has 1 N–H and O–H groups in total. The molecule has 3 heterocycles. The topological polar surface area (TPSA) is 85.3 Å². The predicted molar refractivity (Wildman–Crippen MR) is 106 cm³/mol. The minimum atomic E-state index is -0.954. The first-order chi connectivity index (χ1) is 14.4. The number of fused-ring (bicyclic) bond motifs is 2. The Balaban J connectivity index is 1.49. The van der Waals surface area contributed by atoms with Gasteiger partial charge in [-0.25, -0.2) is 8.78 Å². The highest BCUT2D eigenvalue weighted by Crippen LogP contribution is 2.28. The lowest BCUT2D eigenvalue weighted by atomic mass is 10.00. The summed E-state index contributed by atoms with van der Waals surface area (Å²) in [6, 6.07) is 6.32. The zero-order chi connectivity index (χ0) is 21.0. The number of carbonyl (C=O) groups excluding carboxylic acids is 1. The zero-order valence-corrected chi connectivity index (χ0v) is 16.0. The highest BCUT2D eigenvalue weighted by molar-refractivity contribution is 6.16. The molecule has 0 aliphatic carbocycles. The molecule has 0 atom stereocenters. The van der Waals surface area contributed by atoms with E-state index in [1.54, 1.807) is 19.2 Å². The monoisotopic (exact) mass is 407 g/mol. The Morgan fingerprint density at radius 2 is 2.07 bits per heavy atom. The van der Waals surface area contributed by atoms with Crippen molar-refractivity contribution in [3.63, 3.8) is 0 Å². The number of rotatable bonds is 3. The molecule has 1 amide bonds. The molecule has 0 fully saturated rings. The molecule has 0 spiro atoms. The fourth-order valence-electron chi connectivity index (χ4n) is 3.63. The summed E-state index contributed by atoms with van der Waals surface area (Å²) in [6.45, 7) is 2.30. The minimum Gasteiger partial charge on any atom is -0.364 e. The van der Waals surface area contributed by atoms with E-state index in [-0.39, 0.29) is 10.9 Å². The zero-order valence-electron chi connectivity index (χ0n) is 16.0. The number of nitrogens with zero attached hydrogens (tertiary/aromatic N) is 4. The molecule has 2 aromatic heterocycles. The Morgan fingerprint density at radius 1 is 1.23 bits per heavy atom. The SMILES string of the molecule is Cc1nocc1C1=NCc2ccc(NC(=O)c3c(F)cc4c(cnn4C)c3F)cc21. The van der Waals surface area contributed by atoms with E-state index in [0.29, 0.717) is 23.6 Å². The Kier molecular flexibility index (Phi) is 3.99. The van der Waals surface area contributed by atoms with Crippen LogP contribution in [0.5, 0.6) is 0 Å². The number of hydrogen-bond acceptors (Lipinski definition) is 5. The van der Waals surface area contributed by atoms with Gasteiger partial charge >= 0.3 is 0 Å². The predicted octanol–water partition coefficient (Wildman–Crippen LogP) is 3.75. The van der Waals surface area contributed by atoms with Crippen molar-refractivity contribution in [3.05, 3.63) is 76.3 Å². The molecule has 9 heteroatoms. The van der Waals surface area contributed by atoms with Gasteiger partial charge in [-0.3, -0.25) is 14.5 Å². The van der Waals surface area contributed by atoms with Crippen LogP contribution in [0.4, 0.5) is 14.5 Å². The molecule has 2 aromatic carbocycles. The quantitative estimate of drug-likeness (QED) is 0.561. The maximum Gasteiger partial charge on any atom is 0.261 e. The molecule has 7 nitrogen and oxygen atoms in total. The molecule has 1 aliphatic rings. The van der Waals surface area contributed by atoms with Gasteiger partial charge in [0.15, 0.2) is 0 Å². The first kappa shape index (κ1) is 18.2. The second-order valence-electron chi connectivity index (χ2n) is 7.05. The van der Waals surface area contributed by atoms with Gasteiger partial charge in [-0.15, -0.1) is 0 Å². The van der Waals surface area contributed by atoms with E-state index in [0.717, 1.165) is 22.8 Å². The Hall–Kier alpha value is -3.88. The van der Waals surface area contributed by atoms with Gasteiger partial charge in [0.2, 0.25) is 0 Å². The number of halogens is 2. The molecule has 0 saturated heterocycles. The summed E-state index contributed by atoms with van der Waals surface area (Å²) in [5.41, 5.74) is 3.95. The third-order valence-electron chi connectivity index (χ3n) is 5.21. The van der Waals surface area contributed by atoms with Crippen LogP contribution in [0.1, 0.15) is 32.7 Å². The number of nitrogens with one attached hydrogen (secondary N) is 1. The number of amides is 1. The van der Waals surface area contributed by atoms with Crippen molar-refractivity contribution >= 4 is 28.2 Å². The minimum absolute atomic E-state index is 0.0790. The van der Waals surface area contributed by atoms with E-state index >= 15 is 0 Å². The molecule has 4 aromatic rings. The van der Waals surface area contributed by atoms with E-state index in [4.69, 9.17) is 4.52 Å². The van der Waals surface area contributed by atoms with Crippen LogP contribution >= 0.6 is 0 Å². The normalized spacial score (nSPS) is 12.9. The number of hydrogen-bond donors (Lipinski definition) is 1. The van der Waals surface area contributed by atoms with Crippen molar-refractivity contribution in [2.75, 3.05) is 5.32 Å². The van der Waals surface area contributed by atoms with Gasteiger partial charge in [-0.1, -0.05) is 11.2 Å². The third kappa shape index (κ3) is 2.70. The number of benzene rings is 2. The van der Waals surface area contributed by atoms with Crippen LogP contribution in [0.2, 0.25) is 0 Å². The summed E-state index contributed by atoms with van der Waals surface area (Å²) in [4.78, 5) is 17.2. The largest absolute Gasteiger partial charge is 0.364 e. The van der Waals surface area contributed by atoms with Crippen LogP contribution in [0.25, 0.3) is 10.9 Å². The number of aromatic nitrogens is 3. The highest BCUT2D eigenvalue weighted by atomic mass is 19.1. The lowest BCUT2D eigenvalue weighted by molar-refractivity contribution is 0.101. The molecule has 5 rings (SSSR count). The lowest BCUT2D eigenvalue weighted by Crippen LogP contribution is -2.16. The molecular formula is C21H15F2N5O2. The molecule has 0 radical (unpaired) electrons. The smallest absolute Gasteiger partial charge is 0.261 e. The van der Waals surface area contributed by atoms with Gasteiger partial charge in [-0.2, -0.15) is 5.10 Å². The molecule has 0 unspecified atom stereocenters. The van der Waals surface area contributed by atoms with Gasteiger partial charge < -0.3 is 9.84 Å². The lowest BCUT2D eigenvalue weighted by Gasteiger charge is -2.10. The van der Waals surface area contributed by atoms with Gasteiger partial charge in [0.25, 0.3) is 5.91 Å². The molecule has 30 heavy (non-hydrogen) atoms. The summed E-state index contributed by atoms with van der Waals surface area (Å²) in [7, 11) is 1.57. The van der Waals surface area contributed by atoms with Crippen LogP contribution in [-0.2, 0) is 13.6 Å². The Labute approximate surface area is 169 Å². The standard InChI is InChI=1S/C21H15F2N5O2/c1-10-15(9-30-27-10)20-13-5-12(4-3-11(13)7-24-20)26-21(29)18-16(22)6-17-14(19(18)23)8-25-28(17)2/h3-6,8-9H,7H2,1-2H3,(H,26,29). The van der Waals surface area contributed by atoms with Crippen molar-refractivity contribution in [3.8, 4) is 0 Å². The fraction of sp³-hybridized carbons (Fsp3) is 0.143. The van der Waals surface area contributed by atoms with Crippen LogP contribution in [0, 0.1) is 18.6 Å². The first-order valence-corrected chi connectivity index (χ1v) is 9.14. The van der Waals surface area contributed by atoms with Gasteiger partial charge in [0.1, 0.15) is 23.5 Å². The molecule has 150 valence electrons. The average molecular weight is 407 g/mol. The summed E-state index contributed by atoms with van der Waals surface area (Å²) >= 11 is 0. The summed E-state index contributed by atoms with van der Waals surface area (Å²) < 4.78 is 35.7. The van der Waals surface area contributed by atoms with Gasteiger partial charge in [0, 0.05) is 24.4 Å².